The lowest BCUT2D eigenvalue weighted by Gasteiger charge is -2.33. The zero-order chi connectivity index (χ0) is 23.5. The summed E-state index contributed by atoms with van der Waals surface area (Å²) >= 11 is 1.72. The topological polar surface area (TPSA) is 52.4 Å². The van der Waals surface area contributed by atoms with Crippen LogP contribution in [0.25, 0.3) is 0 Å². The number of nitrogens with zero attached hydrogens (tertiary/aromatic N) is 1. The van der Waals surface area contributed by atoms with E-state index in [1.807, 2.05) is 41.3 Å². The van der Waals surface area contributed by atoms with E-state index < -0.39 is 0 Å². The number of aryl methyl sites for hydroxylation is 1. The first kappa shape index (κ1) is 23.1. The molecule has 0 radical (unpaired) electrons. The summed E-state index contributed by atoms with van der Waals surface area (Å²) in [5.74, 6) is 2.25. The second-order valence-electron chi connectivity index (χ2n) is 8.30. The summed E-state index contributed by atoms with van der Waals surface area (Å²) in [7, 11) is 4.93. The molecule has 1 unspecified atom stereocenters. The zero-order valence-electron chi connectivity index (χ0n) is 19.9. The van der Waals surface area contributed by atoms with Gasteiger partial charge in [-0.3, -0.25) is 9.69 Å². The van der Waals surface area contributed by atoms with Crippen LogP contribution in [0.3, 0.4) is 0 Å². The van der Waals surface area contributed by atoms with Crippen molar-refractivity contribution in [1.29, 1.82) is 0 Å². The molecule has 1 atom stereocenters. The number of rotatable bonds is 7. The third kappa shape index (κ3) is 4.70. The Balaban J connectivity index is 1.56. The van der Waals surface area contributed by atoms with Crippen molar-refractivity contribution in [3.05, 3.63) is 69.6 Å². The predicted octanol–water partition coefficient (Wildman–Crippen LogP) is 3.64. The van der Waals surface area contributed by atoms with Crippen molar-refractivity contribution in [2.24, 2.45) is 0 Å². The number of carbonyl (C=O) groups is 1. The maximum Gasteiger partial charge on any atom is 0.263 e. The number of carbonyl (C=O) groups excluding carboxylic acids is 1. The highest BCUT2D eigenvalue weighted by molar-refractivity contribution is 7.16. The summed E-state index contributed by atoms with van der Waals surface area (Å²) in [6.07, 6.45) is 0.887. The summed E-state index contributed by atoms with van der Waals surface area (Å²) in [5, 5.41) is 1.08. The minimum absolute atomic E-state index is 0.0310. The van der Waals surface area contributed by atoms with Crippen molar-refractivity contribution in [2.75, 3.05) is 39.4 Å². The number of hydrogen-bond acceptors (Lipinski definition) is 5. The van der Waals surface area contributed by atoms with Gasteiger partial charge in [0.2, 0.25) is 0 Å². The molecule has 174 valence electrons. The minimum atomic E-state index is 0.0310. The Morgan fingerprint density at radius 2 is 1.73 bits per heavy atom. The highest BCUT2D eigenvalue weighted by Crippen LogP contribution is 2.37. The molecule has 33 heavy (non-hydrogen) atoms. The van der Waals surface area contributed by atoms with E-state index in [-0.39, 0.29) is 5.91 Å². The fourth-order valence-electron chi connectivity index (χ4n) is 4.26. The molecule has 1 N–H and O–H groups in total. The van der Waals surface area contributed by atoms with Crippen molar-refractivity contribution < 1.29 is 23.9 Å². The first-order chi connectivity index (χ1) is 15.9. The molecule has 7 heteroatoms. The summed E-state index contributed by atoms with van der Waals surface area (Å²) in [4.78, 5) is 18.1. The molecule has 3 aromatic rings. The van der Waals surface area contributed by atoms with Gasteiger partial charge in [0.15, 0.2) is 18.2 Å². The number of quaternary nitrogens is 1. The lowest BCUT2D eigenvalue weighted by molar-refractivity contribution is -0.914. The van der Waals surface area contributed by atoms with E-state index in [0.29, 0.717) is 12.2 Å². The molecule has 0 saturated carbocycles. The number of ether oxygens (including phenoxy) is 3. The van der Waals surface area contributed by atoms with Crippen molar-refractivity contribution in [3.63, 3.8) is 0 Å². The third-order valence-electron chi connectivity index (χ3n) is 6.34. The quantitative estimate of drug-likeness (QED) is 0.577. The van der Waals surface area contributed by atoms with Crippen LogP contribution in [-0.2, 0) is 13.0 Å². The van der Waals surface area contributed by atoms with Gasteiger partial charge in [0, 0.05) is 22.4 Å². The predicted molar refractivity (Wildman–Crippen MR) is 131 cm³/mol. The van der Waals surface area contributed by atoms with E-state index in [1.54, 1.807) is 32.7 Å². The fraction of sp³-hybridized carbons (Fsp3) is 0.346. The van der Waals surface area contributed by atoms with Crippen LogP contribution in [0, 0.1) is 13.8 Å². The summed E-state index contributed by atoms with van der Waals surface area (Å²) in [5.41, 5.74) is 4.45. The Morgan fingerprint density at radius 1 is 1.00 bits per heavy atom. The Labute approximate surface area is 199 Å². The monoisotopic (exact) mass is 467 g/mol. The number of fused-ring (bicyclic) bond motifs is 1. The number of anilines is 1. The third-order valence-corrected chi connectivity index (χ3v) is 7.61. The van der Waals surface area contributed by atoms with Gasteiger partial charge in [-0.25, -0.2) is 0 Å². The molecule has 4 rings (SSSR count). The summed E-state index contributed by atoms with van der Waals surface area (Å²) in [6, 6.07) is 13.4. The van der Waals surface area contributed by atoms with Crippen molar-refractivity contribution >= 4 is 22.2 Å². The summed E-state index contributed by atoms with van der Waals surface area (Å²) < 4.78 is 16.1. The van der Waals surface area contributed by atoms with Crippen LogP contribution in [0.2, 0.25) is 0 Å². The largest absolute Gasteiger partial charge is 0.497 e. The molecule has 1 aromatic heterocycles. The molecule has 1 amide bonds. The van der Waals surface area contributed by atoms with E-state index in [4.69, 9.17) is 14.2 Å². The maximum atomic E-state index is 13.5. The van der Waals surface area contributed by atoms with Gasteiger partial charge < -0.3 is 19.1 Å². The highest BCUT2D eigenvalue weighted by atomic mass is 32.1. The Kier molecular flexibility index (Phi) is 6.91. The van der Waals surface area contributed by atoms with Gasteiger partial charge in [0.25, 0.3) is 5.91 Å². The smallest absolute Gasteiger partial charge is 0.263 e. The molecule has 2 heterocycles. The van der Waals surface area contributed by atoms with Gasteiger partial charge in [0.1, 0.15) is 17.3 Å². The number of amides is 1. The number of methoxy groups -OCH3 is 3. The molecule has 6 nitrogen and oxygen atoms in total. The lowest BCUT2D eigenvalue weighted by Crippen LogP contribution is -3.13. The Hall–Kier alpha value is -3.03. The molecule has 0 bridgehead atoms. The zero-order valence-corrected chi connectivity index (χ0v) is 20.7. The van der Waals surface area contributed by atoms with Gasteiger partial charge in [0.05, 0.1) is 27.9 Å². The van der Waals surface area contributed by atoms with Gasteiger partial charge >= 0.3 is 0 Å². The number of benzene rings is 2. The first-order valence-electron chi connectivity index (χ1n) is 11.0. The van der Waals surface area contributed by atoms with E-state index in [0.717, 1.165) is 41.8 Å². The van der Waals surface area contributed by atoms with Gasteiger partial charge in [-0.1, -0.05) is 6.07 Å². The Morgan fingerprint density at radius 3 is 2.39 bits per heavy atom. The van der Waals surface area contributed by atoms with E-state index in [9.17, 15) is 4.79 Å². The minimum Gasteiger partial charge on any atom is -0.497 e. The molecule has 1 aliphatic heterocycles. The number of thiophene rings is 1. The van der Waals surface area contributed by atoms with Crippen LogP contribution < -0.4 is 24.0 Å². The maximum absolute atomic E-state index is 13.5. The Bertz CT molecular complexity index is 1140. The van der Waals surface area contributed by atoms with Crippen LogP contribution in [-0.4, -0.2) is 40.5 Å². The van der Waals surface area contributed by atoms with Gasteiger partial charge in [-0.05, 0) is 61.4 Å². The van der Waals surface area contributed by atoms with Crippen LogP contribution >= 0.6 is 11.3 Å². The van der Waals surface area contributed by atoms with Crippen molar-refractivity contribution in [2.45, 2.75) is 26.8 Å². The fourth-order valence-corrected chi connectivity index (χ4v) is 5.43. The molecular formula is C26H31N2O4S+. The van der Waals surface area contributed by atoms with Crippen molar-refractivity contribution in [3.8, 4) is 17.2 Å². The molecule has 0 aliphatic carbocycles. The van der Waals surface area contributed by atoms with E-state index >= 15 is 0 Å². The standard InChI is InChI=1S/C26H30N2O4S/c1-17-18(2)33-26-22(17)15-27(13-12-19-6-11-23(31-4)24(14-19)32-5)16-28(26)25(29)20-7-9-21(30-3)10-8-20/h6-11,14H,12-13,15-16H2,1-5H3/p+1. The van der Waals surface area contributed by atoms with Crippen LogP contribution in [0.4, 0.5) is 5.00 Å². The highest BCUT2D eigenvalue weighted by Gasteiger charge is 2.33. The summed E-state index contributed by atoms with van der Waals surface area (Å²) in [6.45, 7) is 6.78. The average molecular weight is 468 g/mol. The van der Waals surface area contributed by atoms with Crippen molar-refractivity contribution in [1.82, 2.24) is 0 Å². The SMILES string of the molecule is COc1ccc(C(=O)N2C[NH+](CCc3ccc(OC)c(OC)c3)Cc3c2sc(C)c3C)cc1. The van der Waals surface area contributed by atoms with Crippen LogP contribution in [0.15, 0.2) is 42.5 Å². The second kappa shape index (κ2) is 9.85. The molecular weight excluding hydrogens is 436 g/mol. The van der Waals surface area contributed by atoms with Gasteiger partial charge in [-0.15, -0.1) is 11.3 Å². The first-order valence-corrected chi connectivity index (χ1v) is 11.9. The second-order valence-corrected chi connectivity index (χ2v) is 9.51. The molecule has 0 fully saturated rings. The normalized spacial score (nSPS) is 15.2. The molecule has 0 spiro atoms. The number of nitrogens with one attached hydrogen (secondary N) is 1. The molecule has 0 saturated heterocycles. The lowest BCUT2D eigenvalue weighted by atomic mass is 10.1. The van der Waals surface area contributed by atoms with Crippen LogP contribution in [0.5, 0.6) is 17.2 Å². The van der Waals surface area contributed by atoms with E-state index in [1.165, 1.54) is 26.5 Å². The van der Waals surface area contributed by atoms with Gasteiger partial charge in [-0.2, -0.15) is 0 Å². The van der Waals surface area contributed by atoms with Crippen LogP contribution in [0.1, 0.15) is 31.9 Å². The molecule has 2 aromatic carbocycles. The molecule has 1 aliphatic rings. The number of hydrogen-bond donors (Lipinski definition) is 1. The van der Waals surface area contributed by atoms with E-state index in [2.05, 4.69) is 19.9 Å². The average Bonchev–Trinajstić information content (AvgIpc) is 3.14.